The number of hydrogen-bond donors (Lipinski definition) is 0. The van der Waals surface area contributed by atoms with Crippen molar-refractivity contribution in [3.05, 3.63) is 35.9 Å². The molecule has 0 amide bonds. The summed E-state index contributed by atoms with van der Waals surface area (Å²) in [7, 11) is 1.35. The zero-order valence-corrected chi connectivity index (χ0v) is 8.14. The first-order chi connectivity index (χ1) is 6.77. The van der Waals surface area contributed by atoms with Gasteiger partial charge in [-0.2, -0.15) is 0 Å². The maximum atomic E-state index is 11.2. The summed E-state index contributed by atoms with van der Waals surface area (Å²) in [5.74, 6) is -0.344. The van der Waals surface area contributed by atoms with Gasteiger partial charge in [-0.05, 0) is 12.3 Å². The number of rotatable bonds is 4. The summed E-state index contributed by atoms with van der Waals surface area (Å²) in [6, 6.07) is 9.17. The van der Waals surface area contributed by atoms with Crippen LogP contribution in [0, 0.1) is 0 Å². The molecule has 3 nitrogen and oxygen atoms in total. The van der Waals surface area contributed by atoms with Crippen molar-refractivity contribution in [2.75, 3.05) is 7.11 Å². The zero-order chi connectivity index (χ0) is 10.4. The van der Waals surface area contributed by atoms with E-state index in [4.69, 9.17) is 0 Å². The number of benzene rings is 1. The monoisotopic (exact) mass is 191 g/mol. The van der Waals surface area contributed by atoms with E-state index >= 15 is 0 Å². The van der Waals surface area contributed by atoms with Crippen LogP contribution in [0.1, 0.15) is 5.56 Å². The predicted octanol–water partition coefficient (Wildman–Crippen LogP) is 1.47. The topological polar surface area (TPSA) is 38.7 Å². The molecule has 0 aliphatic heterocycles. The van der Waals surface area contributed by atoms with E-state index in [9.17, 15) is 4.79 Å². The molecule has 0 aromatic heterocycles. The van der Waals surface area contributed by atoms with E-state index in [0.29, 0.717) is 6.42 Å². The predicted molar refractivity (Wildman–Crippen MR) is 55.5 cm³/mol. The lowest BCUT2D eigenvalue weighted by Gasteiger charge is -2.08. The molecule has 1 aromatic rings. The minimum atomic E-state index is -0.498. The van der Waals surface area contributed by atoms with E-state index in [0.717, 1.165) is 5.56 Å². The first-order valence-electron chi connectivity index (χ1n) is 4.35. The van der Waals surface area contributed by atoms with Crippen molar-refractivity contribution in [2.45, 2.75) is 12.5 Å². The number of carbonyl (C=O) groups excluding carboxylic acids is 1. The molecule has 0 aliphatic rings. The average molecular weight is 191 g/mol. The lowest BCUT2D eigenvalue weighted by atomic mass is 10.1. The molecule has 0 heterocycles. The molecule has 0 fully saturated rings. The van der Waals surface area contributed by atoms with Crippen molar-refractivity contribution in [1.82, 2.24) is 0 Å². The summed E-state index contributed by atoms with van der Waals surface area (Å²) in [5, 5.41) is 0. The third-order valence-corrected chi connectivity index (χ3v) is 1.97. The molecule has 0 saturated heterocycles. The molecule has 14 heavy (non-hydrogen) atoms. The molecule has 0 bridgehead atoms. The minimum absolute atomic E-state index is 0.344. The van der Waals surface area contributed by atoms with Gasteiger partial charge in [-0.3, -0.25) is 4.99 Å². The summed E-state index contributed by atoms with van der Waals surface area (Å²) in [6.45, 7) is 3.38. The zero-order valence-electron chi connectivity index (χ0n) is 8.14. The Bertz CT molecular complexity index is 308. The first-order valence-corrected chi connectivity index (χ1v) is 4.35. The summed E-state index contributed by atoms with van der Waals surface area (Å²) in [4.78, 5) is 14.9. The van der Waals surface area contributed by atoms with Gasteiger partial charge in [0.05, 0.1) is 7.11 Å². The minimum Gasteiger partial charge on any atom is -0.467 e. The van der Waals surface area contributed by atoms with Crippen molar-refractivity contribution in [3.8, 4) is 0 Å². The molecule has 1 atom stereocenters. The number of ether oxygens (including phenoxy) is 1. The van der Waals surface area contributed by atoms with Gasteiger partial charge in [0.15, 0.2) is 6.04 Å². The highest BCUT2D eigenvalue weighted by Crippen LogP contribution is 2.06. The van der Waals surface area contributed by atoms with Gasteiger partial charge in [-0.25, -0.2) is 4.79 Å². The highest BCUT2D eigenvalue weighted by molar-refractivity contribution is 5.76. The van der Waals surface area contributed by atoms with Crippen LogP contribution in [0.4, 0.5) is 0 Å². The Morgan fingerprint density at radius 1 is 1.50 bits per heavy atom. The van der Waals surface area contributed by atoms with E-state index < -0.39 is 6.04 Å². The number of nitrogens with zero attached hydrogens (tertiary/aromatic N) is 1. The second kappa shape index (κ2) is 5.17. The Balaban J connectivity index is 2.66. The maximum absolute atomic E-state index is 11.2. The fourth-order valence-electron chi connectivity index (χ4n) is 1.20. The van der Waals surface area contributed by atoms with Crippen LogP contribution in [0.25, 0.3) is 0 Å². The lowest BCUT2D eigenvalue weighted by molar-refractivity contribution is -0.142. The number of methoxy groups -OCH3 is 1. The summed E-state index contributed by atoms with van der Waals surface area (Å²) in [5.41, 5.74) is 1.05. The van der Waals surface area contributed by atoms with Crippen LogP contribution < -0.4 is 0 Å². The van der Waals surface area contributed by atoms with E-state index in [2.05, 4.69) is 16.4 Å². The fraction of sp³-hybridized carbons (Fsp3) is 0.273. The van der Waals surface area contributed by atoms with E-state index in [1.54, 1.807) is 0 Å². The summed E-state index contributed by atoms with van der Waals surface area (Å²) in [6.07, 6.45) is 0.539. The Labute approximate surface area is 83.4 Å². The van der Waals surface area contributed by atoms with E-state index in [1.165, 1.54) is 7.11 Å². The summed E-state index contributed by atoms with van der Waals surface area (Å²) >= 11 is 0. The molecule has 74 valence electrons. The number of esters is 1. The molecule has 1 aromatic carbocycles. The third kappa shape index (κ3) is 2.69. The second-order valence-electron chi connectivity index (χ2n) is 2.91. The van der Waals surface area contributed by atoms with Gasteiger partial charge in [0, 0.05) is 6.42 Å². The van der Waals surface area contributed by atoms with Crippen LogP contribution in [0.3, 0.4) is 0 Å². The van der Waals surface area contributed by atoms with Crippen molar-refractivity contribution in [2.24, 2.45) is 4.99 Å². The standard InChI is InChI=1S/C11H13NO2/c1-12-10(11(13)14-2)8-9-6-4-3-5-7-9/h3-7,10H,1,8H2,2H3. The Kier molecular flexibility index (Phi) is 3.85. The lowest BCUT2D eigenvalue weighted by Crippen LogP contribution is -2.22. The van der Waals surface area contributed by atoms with Gasteiger partial charge in [-0.1, -0.05) is 30.3 Å². The van der Waals surface area contributed by atoms with Gasteiger partial charge in [-0.15, -0.1) is 0 Å². The molecular formula is C11H13NO2. The van der Waals surface area contributed by atoms with Gasteiger partial charge < -0.3 is 4.74 Å². The SMILES string of the molecule is C=NC(Cc1ccccc1)C(=O)OC. The molecule has 1 unspecified atom stereocenters. The quantitative estimate of drug-likeness (QED) is 0.534. The van der Waals surface area contributed by atoms with Crippen LogP contribution in [0.2, 0.25) is 0 Å². The van der Waals surface area contributed by atoms with Gasteiger partial charge in [0.25, 0.3) is 0 Å². The van der Waals surface area contributed by atoms with Gasteiger partial charge in [0.1, 0.15) is 0 Å². The first kappa shape index (κ1) is 10.4. The fourth-order valence-corrected chi connectivity index (χ4v) is 1.20. The van der Waals surface area contributed by atoms with Crippen LogP contribution in [-0.2, 0) is 16.0 Å². The normalized spacial score (nSPS) is 11.8. The molecule has 0 radical (unpaired) electrons. The van der Waals surface area contributed by atoms with Gasteiger partial charge >= 0.3 is 5.97 Å². The largest absolute Gasteiger partial charge is 0.467 e. The smallest absolute Gasteiger partial charge is 0.330 e. The van der Waals surface area contributed by atoms with E-state index in [-0.39, 0.29) is 5.97 Å². The second-order valence-corrected chi connectivity index (χ2v) is 2.91. The maximum Gasteiger partial charge on any atom is 0.330 e. The van der Waals surface area contributed by atoms with Crippen molar-refractivity contribution in [3.63, 3.8) is 0 Å². The van der Waals surface area contributed by atoms with Crippen molar-refractivity contribution >= 4 is 12.7 Å². The molecular weight excluding hydrogens is 178 g/mol. The Morgan fingerprint density at radius 3 is 2.64 bits per heavy atom. The number of aliphatic imine (C=N–C) groups is 1. The van der Waals surface area contributed by atoms with Crippen LogP contribution in [0.5, 0.6) is 0 Å². The Hall–Kier alpha value is -1.64. The molecule has 0 N–H and O–H groups in total. The number of carbonyl (C=O) groups is 1. The number of hydrogen-bond acceptors (Lipinski definition) is 3. The highest BCUT2D eigenvalue weighted by Gasteiger charge is 2.16. The Morgan fingerprint density at radius 2 is 2.14 bits per heavy atom. The molecule has 3 heteroatoms. The molecule has 0 saturated carbocycles. The van der Waals surface area contributed by atoms with Gasteiger partial charge in [0.2, 0.25) is 0 Å². The van der Waals surface area contributed by atoms with E-state index in [1.807, 2.05) is 30.3 Å². The molecule has 0 spiro atoms. The molecule has 0 aliphatic carbocycles. The van der Waals surface area contributed by atoms with Crippen LogP contribution >= 0.6 is 0 Å². The van der Waals surface area contributed by atoms with Crippen LogP contribution in [-0.4, -0.2) is 25.8 Å². The highest BCUT2D eigenvalue weighted by atomic mass is 16.5. The average Bonchev–Trinajstić information content (AvgIpc) is 2.26. The summed E-state index contributed by atoms with van der Waals surface area (Å²) < 4.78 is 4.60. The van der Waals surface area contributed by atoms with Crippen molar-refractivity contribution in [1.29, 1.82) is 0 Å². The molecule has 1 rings (SSSR count). The van der Waals surface area contributed by atoms with Crippen molar-refractivity contribution < 1.29 is 9.53 Å². The van der Waals surface area contributed by atoms with Crippen LogP contribution in [0.15, 0.2) is 35.3 Å². The third-order valence-electron chi connectivity index (χ3n) is 1.97.